The van der Waals surface area contributed by atoms with Crippen molar-refractivity contribution in [3.05, 3.63) is 36.1 Å². The minimum Gasteiger partial charge on any atom is -0.450 e. The summed E-state index contributed by atoms with van der Waals surface area (Å²) < 4.78 is 5.52. The van der Waals surface area contributed by atoms with Gasteiger partial charge in [-0.2, -0.15) is 0 Å². The first kappa shape index (κ1) is 12.6. The van der Waals surface area contributed by atoms with Crippen LogP contribution in [0.25, 0.3) is 0 Å². The van der Waals surface area contributed by atoms with Gasteiger partial charge in [-0.1, -0.05) is 26.0 Å². The molecule has 1 rings (SSSR count). The van der Waals surface area contributed by atoms with Crippen molar-refractivity contribution < 1.29 is 9.53 Å². The lowest BCUT2D eigenvalue weighted by Gasteiger charge is -2.29. The molecule has 0 fully saturated rings. The van der Waals surface area contributed by atoms with Crippen molar-refractivity contribution in [3.63, 3.8) is 0 Å². The minimum absolute atomic E-state index is 0.126. The summed E-state index contributed by atoms with van der Waals surface area (Å²) in [4.78, 5) is 11.6. The zero-order valence-electron chi connectivity index (χ0n) is 10.1. The number of hydrogen-bond donors (Lipinski definition) is 1. The first-order valence-electron chi connectivity index (χ1n) is 5.50. The van der Waals surface area contributed by atoms with Gasteiger partial charge in [-0.05, 0) is 25.2 Å². The fourth-order valence-electron chi connectivity index (χ4n) is 1.47. The van der Waals surface area contributed by atoms with Gasteiger partial charge in [-0.25, -0.2) is 0 Å². The van der Waals surface area contributed by atoms with Crippen LogP contribution in [0.1, 0.15) is 27.2 Å². The molecule has 0 aromatic carbocycles. The number of carbonyl (C=O) groups is 1. The number of allylic oxidation sites excluding steroid dienone is 2. The normalized spacial score (nSPS) is 24.9. The van der Waals surface area contributed by atoms with Crippen LogP contribution in [-0.4, -0.2) is 11.6 Å². The second kappa shape index (κ2) is 5.01. The smallest absolute Gasteiger partial charge is 0.309 e. The molecule has 16 heavy (non-hydrogen) atoms. The SMILES string of the molecule is C/C=C\C1(OC(=O)C(C)C)C=CC(N)=CC1. The van der Waals surface area contributed by atoms with Crippen molar-refractivity contribution in [1.82, 2.24) is 0 Å². The van der Waals surface area contributed by atoms with Crippen molar-refractivity contribution in [3.8, 4) is 0 Å². The zero-order valence-corrected chi connectivity index (χ0v) is 10.1. The van der Waals surface area contributed by atoms with Gasteiger partial charge in [0, 0.05) is 12.1 Å². The van der Waals surface area contributed by atoms with Crippen LogP contribution in [0.3, 0.4) is 0 Å². The maximum atomic E-state index is 11.6. The number of nitrogens with two attached hydrogens (primary N) is 1. The minimum atomic E-state index is -0.654. The Kier molecular flexibility index (Phi) is 3.93. The summed E-state index contributed by atoms with van der Waals surface area (Å²) in [5, 5.41) is 0. The molecule has 0 heterocycles. The molecular formula is C13H19NO2. The summed E-state index contributed by atoms with van der Waals surface area (Å²) in [5.41, 5.74) is 5.71. The molecule has 0 spiro atoms. The van der Waals surface area contributed by atoms with Crippen molar-refractivity contribution in [2.45, 2.75) is 32.8 Å². The van der Waals surface area contributed by atoms with Gasteiger partial charge in [-0.15, -0.1) is 0 Å². The van der Waals surface area contributed by atoms with E-state index in [-0.39, 0.29) is 11.9 Å². The highest BCUT2D eigenvalue weighted by Crippen LogP contribution is 2.26. The van der Waals surface area contributed by atoms with Crippen LogP contribution in [-0.2, 0) is 9.53 Å². The first-order chi connectivity index (χ1) is 7.49. The lowest BCUT2D eigenvalue weighted by molar-refractivity contribution is -0.155. The number of rotatable bonds is 3. The lowest BCUT2D eigenvalue weighted by atomic mass is 9.93. The molecule has 0 saturated carbocycles. The molecule has 0 bridgehead atoms. The van der Waals surface area contributed by atoms with Crippen LogP contribution < -0.4 is 5.73 Å². The van der Waals surface area contributed by atoms with Crippen LogP contribution in [0.4, 0.5) is 0 Å². The lowest BCUT2D eigenvalue weighted by Crippen LogP contribution is -2.34. The predicted octanol–water partition coefficient (Wildman–Crippen LogP) is 2.30. The van der Waals surface area contributed by atoms with E-state index in [2.05, 4.69) is 0 Å². The van der Waals surface area contributed by atoms with Crippen LogP contribution in [0.15, 0.2) is 36.1 Å². The largest absolute Gasteiger partial charge is 0.450 e. The number of hydrogen-bond acceptors (Lipinski definition) is 3. The molecule has 0 saturated heterocycles. The maximum Gasteiger partial charge on any atom is 0.309 e. The van der Waals surface area contributed by atoms with Gasteiger partial charge in [0.25, 0.3) is 0 Å². The molecule has 2 N–H and O–H groups in total. The molecule has 3 nitrogen and oxygen atoms in total. The summed E-state index contributed by atoms with van der Waals surface area (Å²) >= 11 is 0. The molecule has 1 unspecified atom stereocenters. The van der Waals surface area contributed by atoms with Gasteiger partial charge >= 0.3 is 5.97 Å². The Balaban J connectivity index is 2.84. The van der Waals surface area contributed by atoms with Gasteiger partial charge in [0.2, 0.25) is 0 Å². The molecule has 0 aromatic heterocycles. The number of esters is 1. The fraction of sp³-hybridized carbons (Fsp3) is 0.462. The summed E-state index contributed by atoms with van der Waals surface area (Å²) in [6.07, 6.45) is 9.84. The Hall–Kier alpha value is -1.51. The summed E-state index contributed by atoms with van der Waals surface area (Å²) in [6, 6.07) is 0. The highest BCUT2D eigenvalue weighted by molar-refractivity contribution is 5.72. The fourth-order valence-corrected chi connectivity index (χ4v) is 1.47. The average molecular weight is 221 g/mol. The van der Waals surface area contributed by atoms with Crippen molar-refractivity contribution in [2.24, 2.45) is 11.7 Å². The van der Waals surface area contributed by atoms with Gasteiger partial charge in [-0.3, -0.25) is 4.79 Å². The molecule has 88 valence electrons. The van der Waals surface area contributed by atoms with E-state index in [1.165, 1.54) is 0 Å². The van der Waals surface area contributed by atoms with Crippen LogP contribution >= 0.6 is 0 Å². The number of ether oxygens (including phenoxy) is 1. The van der Waals surface area contributed by atoms with E-state index in [4.69, 9.17) is 10.5 Å². The van der Waals surface area contributed by atoms with Crippen molar-refractivity contribution in [2.75, 3.05) is 0 Å². The van der Waals surface area contributed by atoms with E-state index < -0.39 is 5.60 Å². The Morgan fingerprint density at radius 1 is 1.62 bits per heavy atom. The van der Waals surface area contributed by atoms with E-state index in [1.54, 1.807) is 6.08 Å². The Morgan fingerprint density at radius 3 is 2.75 bits per heavy atom. The number of carbonyl (C=O) groups excluding carboxylic acids is 1. The third-order valence-corrected chi connectivity index (χ3v) is 2.43. The highest BCUT2D eigenvalue weighted by atomic mass is 16.6. The zero-order chi connectivity index (χ0) is 12.2. The van der Waals surface area contributed by atoms with E-state index in [9.17, 15) is 4.79 Å². The van der Waals surface area contributed by atoms with Gasteiger partial charge in [0.15, 0.2) is 5.60 Å². The molecule has 0 radical (unpaired) electrons. The Bertz CT molecular complexity index is 353. The maximum absolute atomic E-state index is 11.6. The molecule has 1 atom stereocenters. The molecular weight excluding hydrogens is 202 g/mol. The van der Waals surface area contributed by atoms with Gasteiger partial charge in [0.1, 0.15) is 0 Å². The molecule has 3 heteroatoms. The van der Waals surface area contributed by atoms with E-state index >= 15 is 0 Å². The second-order valence-corrected chi connectivity index (χ2v) is 4.27. The third kappa shape index (κ3) is 2.99. The molecule has 1 aliphatic rings. The first-order valence-corrected chi connectivity index (χ1v) is 5.50. The topological polar surface area (TPSA) is 52.3 Å². The Labute approximate surface area is 96.7 Å². The second-order valence-electron chi connectivity index (χ2n) is 4.27. The van der Waals surface area contributed by atoms with Crippen LogP contribution in [0.5, 0.6) is 0 Å². The summed E-state index contributed by atoms with van der Waals surface area (Å²) in [6.45, 7) is 5.55. The van der Waals surface area contributed by atoms with Gasteiger partial charge in [0.05, 0.1) is 5.92 Å². The third-order valence-electron chi connectivity index (χ3n) is 2.43. The van der Waals surface area contributed by atoms with Crippen LogP contribution in [0.2, 0.25) is 0 Å². The van der Waals surface area contributed by atoms with E-state index in [0.29, 0.717) is 12.1 Å². The highest BCUT2D eigenvalue weighted by Gasteiger charge is 2.30. The summed E-state index contributed by atoms with van der Waals surface area (Å²) in [5.74, 6) is -0.324. The average Bonchev–Trinajstić information content (AvgIpc) is 2.23. The molecule has 0 amide bonds. The monoisotopic (exact) mass is 221 g/mol. The van der Waals surface area contributed by atoms with E-state index in [1.807, 2.05) is 45.1 Å². The molecule has 1 aliphatic carbocycles. The predicted molar refractivity (Wildman–Crippen MR) is 64.5 cm³/mol. The van der Waals surface area contributed by atoms with Gasteiger partial charge < -0.3 is 10.5 Å². The Morgan fingerprint density at radius 2 is 2.31 bits per heavy atom. The standard InChI is InChI=1S/C13H19NO2/c1-4-7-13(16-12(15)10(2)3)8-5-11(14)6-9-13/h4-8,10H,9,14H2,1-3H3/b7-4-. The quantitative estimate of drug-likeness (QED) is 0.587. The molecule has 0 aliphatic heterocycles. The van der Waals surface area contributed by atoms with Crippen LogP contribution in [0, 0.1) is 5.92 Å². The molecule has 0 aromatic rings. The van der Waals surface area contributed by atoms with Crippen molar-refractivity contribution in [1.29, 1.82) is 0 Å². The summed E-state index contributed by atoms with van der Waals surface area (Å²) in [7, 11) is 0. The van der Waals surface area contributed by atoms with E-state index in [0.717, 1.165) is 0 Å². The van der Waals surface area contributed by atoms with Crippen molar-refractivity contribution >= 4 is 5.97 Å².